The summed E-state index contributed by atoms with van der Waals surface area (Å²) in [5.41, 5.74) is -0.429. The second-order valence-corrected chi connectivity index (χ2v) is 9.39. The number of esters is 1. The molecule has 1 amide bonds. The van der Waals surface area contributed by atoms with E-state index in [1.54, 1.807) is 11.4 Å². The van der Waals surface area contributed by atoms with Crippen LogP contribution in [0.5, 0.6) is 0 Å². The number of carbonyl (C=O) groups excluding carboxylic acids is 2. The molecule has 0 saturated heterocycles. The number of nitrogens with zero attached hydrogens (tertiary/aromatic N) is 1. The van der Waals surface area contributed by atoms with Gasteiger partial charge >= 0.3 is 5.97 Å². The average Bonchev–Trinajstić information content (AvgIpc) is 3.29. The van der Waals surface area contributed by atoms with Gasteiger partial charge in [-0.2, -0.15) is 0 Å². The fourth-order valence-corrected chi connectivity index (χ4v) is 4.72. The van der Waals surface area contributed by atoms with Crippen molar-refractivity contribution in [2.75, 3.05) is 16.6 Å². The van der Waals surface area contributed by atoms with E-state index in [2.05, 4.69) is 10.0 Å². The molecule has 0 bridgehead atoms. The van der Waals surface area contributed by atoms with Gasteiger partial charge in [-0.05, 0) is 29.6 Å². The summed E-state index contributed by atoms with van der Waals surface area (Å²) in [6.07, 6.45) is 0. The number of benzene rings is 2. The average molecular weight is 496 g/mol. The number of nitrogens with one attached hydrogen (secondary N) is 2. The molecular formula is C19H14ClN3O7S2. The second-order valence-electron chi connectivity index (χ2n) is 6.13. The molecule has 0 aliphatic carbocycles. The Bertz CT molecular complexity index is 1280. The van der Waals surface area contributed by atoms with E-state index in [1.807, 2.05) is 0 Å². The minimum atomic E-state index is -3.90. The largest absolute Gasteiger partial charge is 0.452 e. The van der Waals surface area contributed by atoms with Crippen LogP contribution in [0.4, 0.5) is 17.1 Å². The molecule has 1 heterocycles. The summed E-state index contributed by atoms with van der Waals surface area (Å²) in [5, 5.41) is 14.8. The summed E-state index contributed by atoms with van der Waals surface area (Å²) < 4.78 is 32.2. The number of sulfonamides is 1. The molecule has 0 radical (unpaired) electrons. The van der Waals surface area contributed by atoms with Crippen LogP contribution in [-0.2, 0) is 19.6 Å². The summed E-state index contributed by atoms with van der Waals surface area (Å²) in [6.45, 7) is -0.732. The molecule has 0 fully saturated rings. The van der Waals surface area contributed by atoms with E-state index >= 15 is 0 Å². The van der Waals surface area contributed by atoms with Crippen LogP contribution in [0.1, 0.15) is 10.4 Å². The van der Waals surface area contributed by atoms with Crippen molar-refractivity contribution in [2.24, 2.45) is 0 Å². The molecule has 13 heteroatoms. The van der Waals surface area contributed by atoms with Gasteiger partial charge < -0.3 is 10.1 Å². The lowest BCUT2D eigenvalue weighted by Gasteiger charge is -2.12. The van der Waals surface area contributed by atoms with Crippen molar-refractivity contribution in [1.82, 2.24) is 0 Å². The van der Waals surface area contributed by atoms with Gasteiger partial charge in [-0.25, -0.2) is 13.2 Å². The molecule has 0 aliphatic heterocycles. The maximum Gasteiger partial charge on any atom is 0.340 e. The van der Waals surface area contributed by atoms with E-state index in [0.29, 0.717) is 0 Å². The Balaban J connectivity index is 1.68. The summed E-state index contributed by atoms with van der Waals surface area (Å²) in [6, 6.07) is 12.2. The minimum absolute atomic E-state index is 0.0203. The topological polar surface area (TPSA) is 145 Å². The standard InChI is InChI=1S/C19H14ClN3O7S2/c20-14-8-7-12(23(26)27)10-16(14)21-17(24)11-30-19(25)13-4-1-2-5-15(13)22-32(28,29)18-6-3-9-31-18/h1-10,22H,11H2,(H,21,24). The van der Waals surface area contributed by atoms with Gasteiger partial charge in [0, 0.05) is 12.1 Å². The number of thiophene rings is 1. The molecule has 1 aromatic heterocycles. The first-order valence-electron chi connectivity index (χ1n) is 8.73. The van der Waals surface area contributed by atoms with Crippen LogP contribution < -0.4 is 10.0 Å². The summed E-state index contributed by atoms with van der Waals surface area (Å²) in [4.78, 5) is 34.8. The molecule has 0 saturated carbocycles. The number of para-hydroxylation sites is 1. The van der Waals surface area contributed by atoms with Crippen molar-refractivity contribution in [3.05, 3.63) is 80.7 Å². The quantitative estimate of drug-likeness (QED) is 0.274. The van der Waals surface area contributed by atoms with Gasteiger partial charge in [-0.1, -0.05) is 29.8 Å². The van der Waals surface area contributed by atoms with Gasteiger partial charge in [0.2, 0.25) is 0 Å². The van der Waals surface area contributed by atoms with Crippen LogP contribution >= 0.6 is 22.9 Å². The molecule has 2 N–H and O–H groups in total. The Morgan fingerprint density at radius 3 is 2.53 bits per heavy atom. The predicted molar refractivity (Wildman–Crippen MR) is 119 cm³/mol. The predicted octanol–water partition coefficient (Wildman–Crippen LogP) is 3.91. The van der Waals surface area contributed by atoms with Crippen LogP contribution in [0.2, 0.25) is 5.02 Å². The first-order valence-corrected chi connectivity index (χ1v) is 11.5. The maximum atomic E-state index is 12.5. The van der Waals surface area contributed by atoms with Crippen LogP contribution in [0.3, 0.4) is 0 Å². The normalized spacial score (nSPS) is 10.9. The highest BCUT2D eigenvalue weighted by Crippen LogP contribution is 2.27. The van der Waals surface area contributed by atoms with E-state index in [-0.39, 0.29) is 31.9 Å². The Morgan fingerprint density at radius 1 is 1.09 bits per heavy atom. The van der Waals surface area contributed by atoms with Gasteiger partial charge in [-0.3, -0.25) is 19.6 Å². The number of halogens is 1. The van der Waals surface area contributed by atoms with Crippen molar-refractivity contribution in [3.63, 3.8) is 0 Å². The number of ether oxygens (including phenoxy) is 1. The third kappa shape index (κ3) is 5.60. The summed E-state index contributed by atoms with van der Waals surface area (Å²) >= 11 is 6.93. The van der Waals surface area contributed by atoms with E-state index in [4.69, 9.17) is 16.3 Å². The number of non-ortho nitro benzene ring substituents is 1. The second kappa shape index (κ2) is 9.77. The molecule has 32 heavy (non-hydrogen) atoms. The highest BCUT2D eigenvalue weighted by Gasteiger charge is 2.21. The Labute approximate surface area is 191 Å². The summed E-state index contributed by atoms with van der Waals surface area (Å²) in [7, 11) is -3.90. The molecule has 3 rings (SSSR count). The van der Waals surface area contributed by atoms with Crippen LogP contribution in [-0.4, -0.2) is 31.8 Å². The zero-order valence-electron chi connectivity index (χ0n) is 16.0. The lowest BCUT2D eigenvalue weighted by atomic mass is 10.2. The summed E-state index contributed by atoms with van der Waals surface area (Å²) in [5.74, 6) is -1.74. The Kier molecular flexibility index (Phi) is 7.08. The third-order valence-corrected chi connectivity index (χ3v) is 7.01. The highest BCUT2D eigenvalue weighted by atomic mass is 35.5. The minimum Gasteiger partial charge on any atom is -0.452 e. The number of hydrogen-bond donors (Lipinski definition) is 2. The zero-order chi connectivity index (χ0) is 23.3. The molecule has 0 aliphatic rings. The fraction of sp³-hybridized carbons (Fsp3) is 0.0526. The number of amides is 1. The van der Waals surface area contributed by atoms with Crippen molar-refractivity contribution in [2.45, 2.75) is 4.21 Å². The Hall–Kier alpha value is -3.48. The van der Waals surface area contributed by atoms with E-state index < -0.39 is 33.4 Å². The number of nitro groups is 1. The molecular weight excluding hydrogens is 482 g/mol. The van der Waals surface area contributed by atoms with Gasteiger partial charge in [0.15, 0.2) is 6.61 Å². The van der Waals surface area contributed by atoms with Gasteiger partial charge in [0.1, 0.15) is 4.21 Å². The van der Waals surface area contributed by atoms with Crippen molar-refractivity contribution < 1.29 is 27.7 Å². The Morgan fingerprint density at radius 2 is 1.84 bits per heavy atom. The molecule has 0 unspecified atom stereocenters. The molecule has 166 valence electrons. The number of anilines is 2. The molecule has 0 atom stereocenters. The molecule has 0 spiro atoms. The van der Waals surface area contributed by atoms with Crippen molar-refractivity contribution >= 4 is 61.9 Å². The number of rotatable bonds is 8. The monoisotopic (exact) mass is 495 g/mol. The SMILES string of the molecule is O=C(COC(=O)c1ccccc1NS(=O)(=O)c1cccs1)Nc1cc([N+](=O)[O-])ccc1Cl. The maximum absolute atomic E-state index is 12.5. The van der Waals surface area contributed by atoms with Crippen molar-refractivity contribution in [1.29, 1.82) is 0 Å². The van der Waals surface area contributed by atoms with Crippen molar-refractivity contribution in [3.8, 4) is 0 Å². The molecule has 2 aromatic carbocycles. The smallest absolute Gasteiger partial charge is 0.340 e. The number of nitro benzene ring substituents is 1. The molecule has 3 aromatic rings. The zero-order valence-corrected chi connectivity index (χ0v) is 18.4. The highest BCUT2D eigenvalue weighted by molar-refractivity contribution is 7.94. The first kappa shape index (κ1) is 23.2. The van der Waals surface area contributed by atoms with Gasteiger partial charge in [0.25, 0.3) is 21.6 Å². The molecule has 10 nitrogen and oxygen atoms in total. The lowest BCUT2D eigenvalue weighted by molar-refractivity contribution is -0.384. The number of carbonyl (C=O) groups is 2. The van der Waals surface area contributed by atoms with E-state index in [1.165, 1.54) is 42.5 Å². The van der Waals surface area contributed by atoms with Crippen LogP contribution in [0.15, 0.2) is 64.2 Å². The third-order valence-electron chi connectivity index (χ3n) is 3.92. The lowest BCUT2D eigenvalue weighted by Crippen LogP contribution is -2.22. The van der Waals surface area contributed by atoms with E-state index in [0.717, 1.165) is 17.4 Å². The van der Waals surface area contributed by atoms with Gasteiger partial charge in [-0.15, -0.1) is 11.3 Å². The fourth-order valence-electron chi connectivity index (χ4n) is 2.48. The van der Waals surface area contributed by atoms with Gasteiger partial charge in [0.05, 0.1) is 26.9 Å². The van der Waals surface area contributed by atoms with E-state index in [9.17, 15) is 28.1 Å². The number of hydrogen-bond acceptors (Lipinski definition) is 8. The van der Waals surface area contributed by atoms with Crippen LogP contribution in [0, 0.1) is 10.1 Å². The van der Waals surface area contributed by atoms with Crippen LogP contribution in [0.25, 0.3) is 0 Å². The first-order chi connectivity index (χ1) is 15.2.